The quantitative estimate of drug-likeness (QED) is 0.744. The van der Waals surface area contributed by atoms with Gasteiger partial charge in [-0.15, -0.1) is 0 Å². The van der Waals surface area contributed by atoms with Crippen LogP contribution in [-0.2, 0) is 12.6 Å². The molecule has 2 N–H and O–H groups in total. The largest absolute Gasteiger partial charge is 0.382 e. The Kier molecular flexibility index (Phi) is 3.29. The standard InChI is InChI=1S/C10H19N3O/c1-8(2)11-7-10(3,14)9-5-6-13(4)12-9/h5-6,8,11,14H,7H2,1-4H3. The van der Waals surface area contributed by atoms with Crippen LogP contribution in [0, 0.1) is 0 Å². The number of aromatic nitrogens is 2. The lowest BCUT2D eigenvalue weighted by molar-refractivity contribution is 0.0499. The van der Waals surface area contributed by atoms with E-state index in [0.29, 0.717) is 18.3 Å². The molecule has 0 aliphatic rings. The average molecular weight is 197 g/mol. The third-order valence-electron chi connectivity index (χ3n) is 2.12. The number of hydrogen-bond acceptors (Lipinski definition) is 3. The number of nitrogens with one attached hydrogen (secondary N) is 1. The molecule has 1 heterocycles. The predicted molar refractivity (Wildman–Crippen MR) is 55.9 cm³/mol. The van der Waals surface area contributed by atoms with Crippen molar-refractivity contribution in [1.29, 1.82) is 0 Å². The molecule has 0 aliphatic carbocycles. The van der Waals surface area contributed by atoms with E-state index in [-0.39, 0.29) is 0 Å². The summed E-state index contributed by atoms with van der Waals surface area (Å²) in [4.78, 5) is 0. The molecule has 14 heavy (non-hydrogen) atoms. The van der Waals surface area contributed by atoms with Gasteiger partial charge >= 0.3 is 0 Å². The van der Waals surface area contributed by atoms with E-state index in [4.69, 9.17) is 0 Å². The van der Waals surface area contributed by atoms with Crippen LogP contribution in [0.25, 0.3) is 0 Å². The molecule has 4 nitrogen and oxygen atoms in total. The molecular formula is C10H19N3O. The van der Waals surface area contributed by atoms with Gasteiger partial charge in [-0.05, 0) is 13.0 Å². The minimum Gasteiger partial charge on any atom is -0.382 e. The van der Waals surface area contributed by atoms with Crippen LogP contribution in [0.5, 0.6) is 0 Å². The summed E-state index contributed by atoms with van der Waals surface area (Å²) in [5.74, 6) is 0. The normalized spacial score (nSPS) is 15.9. The van der Waals surface area contributed by atoms with E-state index in [9.17, 15) is 5.11 Å². The van der Waals surface area contributed by atoms with Crippen molar-refractivity contribution in [2.75, 3.05) is 6.54 Å². The molecule has 1 atom stereocenters. The van der Waals surface area contributed by atoms with Crippen LogP contribution in [0.1, 0.15) is 26.5 Å². The van der Waals surface area contributed by atoms with E-state index in [1.807, 2.05) is 19.3 Å². The van der Waals surface area contributed by atoms with Crippen molar-refractivity contribution in [2.45, 2.75) is 32.4 Å². The Morgan fingerprint density at radius 1 is 1.64 bits per heavy atom. The SMILES string of the molecule is CC(C)NCC(C)(O)c1ccn(C)n1. The van der Waals surface area contributed by atoms with Crippen molar-refractivity contribution in [3.63, 3.8) is 0 Å². The Balaban J connectivity index is 2.65. The van der Waals surface area contributed by atoms with Crippen LogP contribution in [0.2, 0.25) is 0 Å². The molecule has 1 unspecified atom stereocenters. The second-order valence-corrected chi connectivity index (χ2v) is 4.18. The number of rotatable bonds is 4. The Hall–Kier alpha value is -0.870. The first-order chi connectivity index (χ1) is 6.42. The molecule has 0 bridgehead atoms. The lowest BCUT2D eigenvalue weighted by Crippen LogP contribution is -2.39. The van der Waals surface area contributed by atoms with Gasteiger partial charge in [0, 0.05) is 25.8 Å². The maximum atomic E-state index is 10.1. The van der Waals surface area contributed by atoms with E-state index in [1.54, 1.807) is 11.6 Å². The minimum absolute atomic E-state index is 0.366. The van der Waals surface area contributed by atoms with Crippen molar-refractivity contribution in [1.82, 2.24) is 15.1 Å². The molecule has 0 fully saturated rings. The van der Waals surface area contributed by atoms with Crippen molar-refractivity contribution in [3.05, 3.63) is 18.0 Å². The first kappa shape index (κ1) is 11.2. The molecule has 0 aromatic carbocycles. The third-order valence-corrected chi connectivity index (χ3v) is 2.12. The lowest BCUT2D eigenvalue weighted by Gasteiger charge is -2.22. The van der Waals surface area contributed by atoms with E-state index < -0.39 is 5.60 Å². The van der Waals surface area contributed by atoms with E-state index >= 15 is 0 Å². The molecule has 0 radical (unpaired) electrons. The highest BCUT2D eigenvalue weighted by Crippen LogP contribution is 2.16. The first-order valence-electron chi connectivity index (χ1n) is 4.88. The molecule has 1 aromatic heterocycles. The summed E-state index contributed by atoms with van der Waals surface area (Å²) in [6.07, 6.45) is 1.83. The summed E-state index contributed by atoms with van der Waals surface area (Å²) in [6, 6.07) is 2.20. The van der Waals surface area contributed by atoms with E-state index in [1.165, 1.54) is 0 Å². The molecule has 80 valence electrons. The maximum Gasteiger partial charge on any atom is 0.118 e. The van der Waals surface area contributed by atoms with Gasteiger partial charge < -0.3 is 10.4 Å². The maximum absolute atomic E-state index is 10.1. The lowest BCUT2D eigenvalue weighted by atomic mass is 10.0. The summed E-state index contributed by atoms with van der Waals surface area (Å²) in [5.41, 5.74) is -0.195. The summed E-state index contributed by atoms with van der Waals surface area (Å²) in [7, 11) is 1.84. The van der Waals surface area contributed by atoms with Gasteiger partial charge in [0.2, 0.25) is 0 Å². The Morgan fingerprint density at radius 3 is 2.71 bits per heavy atom. The molecule has 0 aliphatic heterocycles. The van der Waals surface area contributed by atoms with Gasteiger partial charge in [0.1, 0.15) is 5.60 Å². The van der Waals surface area contributed by atoms with Crippen molar-refractivity contribution in [2.24, 2.45) is 7.05 Å². The van der Waals surface area contributed by atoms with Gasteiger partial charge in [0.15, 0.2) is 0 Å². The number of aliphatic hydroxyl groups is 1. The highest BCUT2D eigenvalue weighted by Gasteiger charge is 2.25. The molecule has 1 aromatic rings. The number of aryl methyl sites for hydroxylation is 1. The molecule has 4 heteroatoms. The average Bonchev–Trinajstić information content (AvgIpc) is 2.49. The summed E-state index contributed by atoms with van der Waals surface area (Å²) in [5, 5.41) is 17.5. The van der Waals surface area contributed by atoms with Gasteiger partial charge in [-0.25, -0.2) is 0 Å². The number of hydrogen-bond donors (Lipinski definition) is 2. The second-order valence-electron chi connectivity index (χ2n) is 4.18. The zero-order chi connectivity index (χ0) is 10.8. The highest BCUT2D eigenvalue weighted by molar-refractivity contribution is 5.09. The molecule has 0 spiro atoms. The van der Waals surface area contributed by atoms with Gasteiger partial charge in [-0.1, -0.05) is 13.8 Å². The predicted octanol–water partition coefficient (Wildman–Crippen LogP) is 0.626. The summed E-state index contributed by atoms with van der Waals surface area (Å²) < 4.78 is 1.69. The first-order valence-corrected chi connectivity index (χ1v) is 4.88. The fourth-order valence-corrected chi connectivity index (χ4v) is 1.20. The van der Waals surface area contributed by atoms with Crippen molar-refractivity contribution in [3.8, 4) is 0 Å². The topological polar surface area (TPSA) is 50.1 Å². The fourth-order valence-electron chi connectivity index (χ4n) is 1.20. The third kappa shape index (κ3) is 2.82. The zero-order valence-electron chi connectivity index (χ0n) is 9.28. The van der Waals surface area contributed by atoms with Crippen LogP contribution < -0.4 is 5.32 Å². The smallest absolute Gasteiger partial charge is 0.118 e. The van der Waals surface area contributed by atoms with Gasteiger partial charge in [0.25, 0.3) is 0 Å². The second kappa shape index (κ2) is 4.11. The zero-order valence-corrected chi connectivity index (χ0v) is 9.28. The van der Waals surface area contributed by atoms with Crippen LogP contribution in [0.4, 0.5) is 0 Å². The molecule has 0 amide bonds. The Morgan fingerprint density at radius 2 is 2.29 bits per heavy atom. The summed E-state index contributed by atoms with van der Waals surface area (Å²) in [6.45, 7) is 6.38. The van der Waals surface area contributed by atoms with E-state index in [2.05, 4.69) is 24.3 Å². The van der Waals surface area contributed by atoms with Gasteiger partial charge in [-0.2, -0.15) is 5.10 Å². The van der Waals surface area contributed by atoms with Gasteiger partial charge in [-0.3, -0.25) is 4.68 Å². The minimum atomic E-state index is -0.897. The molecule has 0 saturated carbocycles. The summed E-state index contributed by atoms with van der Waals surface area (Å²) >= 11 is 0. The molecule has 1 rings (SSSR count). The van der Waals surface area contributed by atoms with Crippen LogP contribution in [-0.4, -0.2) is 27.5 Å². The Bertz CT molecular complexity index is 291. The van der Waals surface area contributed by atoms with Crippen LogP contribution >= 0.6 is 0 Å². The Labute approximate surface area is 84.9 Å². The van der Waals surface area contributed by atoms with E-state index in [0.717, 1.165) is 0 Å². The van der Waals surface area contributed by atoms with Gasteiger partial charge in [0.05, 0.1) is 5.69 Å². The number of nitrogens with zero attached hydrogens (tertiary/aromatic N) is 2. The molecule has 0 saturated heterocycles. The highest BCUT2D eigenvalue weighted by atomic mass is 16.3. The van der Waals surface area contributed by atoms with Crippen LogP contribution in [0.3, 0.4) is 0 Å². The van der Waals surface area contributed by atoms with Crippen molar-refractivity contribution < 1.29 is 5.11 Å². The fraction of sp³-hybridized carbons (Fsp3) is 0.700. The monoisotopic (exact) mass is 197 g/mol. The van der Waals surface area contributed by atoms with Crippen molar-refractivity contribution >= 4 is 0 Å². The van der Waals surface area contributed by atoms with Crippen LogP contribution in [0.15, 0.2) is 12.3 Å². The molecular weight excluding hydrogens is 178 g/mol.